The van der Waals surface area contributed by atoms with E-state index in [1.54, 1.807) is 0 Å². The Morgan fingerprint density at radius 3 is 2.75 bits per heavy atom. The predicted molar refractivity (Wildman–Crippen MR) is 71.0 cm³/mol. The molecular formula is C14H27BO. The summed E-state index contributed by atoms with van der Waals surface area (Å²) in [5.41, 5.74) is 0.578. The Morgan fingerprint density at radius 2 is 2.12 bits per heavy atom. The van der Waals surface area contributed by atoms with Crippen molar-refractivity contribution in [1.29, 1.82) is 0 Å². The summed E-state index contributed by atoms with van der Waals surface area (Å²) in [5, 5.41) is 0. The van der Waals surface area contributed by atoms with Crippen molar-refractivity contribution >= 4 is 8.05 Å². The average molecular weight is 222 g/mol. The van der Waals surface area contributed by atoms with Crippen LogP contribution in [-0.4, -0.2) is 14.2 Å². The molecule has 2 heteroatoms. The molecule has 92 valence electrons. The average Bonchev–Trinajstić information content (AvgIpc) is 2.64. The molecule has 0 aromatic carbocycles. The second-order valence-electron chi connectivity index (χ2n) is 6.35. The van der Waals surface area contributed by atoms with E-state index in [0.717, 1.165) is 17.8 Å². The van der Waals surface area contributed by atoms with Crippen molar-refractivity contribution in [2.75, 3.05) is 0 Å². The monoisotopic (exact) mass is 222 g/mol. The zero-order valence-corrected chi connectivity index (χ0v) is 11.5. The third kappa shape index (κ3) is 1.83. The lowest BCUT2D eigenvalue weighted by atomic mass is 9.61. The minimum atomic E-state index is 0.549. The molecule has 1 nitrogen and oxygen atoms in total. The van der Waals surface area contributed by atoms with Crippen LogP contribution >= 0.6 is 0 Å². The van der Waals surface area contributed by atoms with Gasteiger partial charge in [0.05, 0.1) is 0 Å². The van der Waals surface area contributed by atoms with E-state index in [4.69, 9.17) is 4.65 Å². The largest absolute Gasteiger partial charge is 0.441 e. The third-order valence-corrected chi connectivity index (χ3v) is 5.77. The number of rotatable bonds is 3. The summed E-state index contributed by atoms with van der Waals surface area (Å²) < 4.78 is 5.73. The lowest BCUT2D eigenvalue weighted by molar-refractivity contribution is -0.0111. The van der Waals surface area contributed by atoms with Gasteiger partial charge in [0.15, 0.2) is 0 Å². The normalized spacial score (nSPS) is 45.3. The SMILES string of the molecule is BO[C@H]1CCC[C@@]2(C)C1CCC2[C@@H](C)CC. The van der Waals surface area contributed by atoms with Crippen LogP contribution in [0.1, 0.15) is 59.3 Å². The lowest BCUT2D eigenvalue weighted by Gasteiger charge is -2.46. The van der Waals surface area contributed by atoms with Crippen molar-refractivity contribution < 1.29 is 4.65 Å². The van der Waals surface area contributed by atoms with Gasteiger partial charge < -0.3 is 4.65 Å². The van der Waals surface area contributed by atoms with Gasteiger partial charge in [0.25, 0.3) is 8.05 Å². The first kappa shape index (κ1) is 12.5. The molecule has 2 rings (SSSR count). The Bertz CT molecular complexity index is 235. The molecule has 16 heavy (non-hydrogen) atoms. The van der Waals surface area contributed by atoms with Crippen molar-refractivity contribution in [3.63, 3.8) is 0 Å². The molecule has 2 fully saturated rings. The molecule has 2 unspecified atom stereocenters. The molecule has 2 aliphatic rings. The van der Waals surface area contributed by atoms with Crippen molar-refractivity contribution in [2.24, 2.45) is 23.2 Å². The first-order valence-electron chi connectivity index (χ1n) is 7.16. The van der Waals surface area contributed by atoms with E-state index < -0.39 is 0 Å². The lowest BCUT2D eigenvalue weighted by Crippen LogP contribution is -2.42. The Kier molecular flexibility index (Phi) is 3.68. The molecule has 2 saturated carbocycles. The summed E-state index contributed by atoms with van der Waals surface area (Å²) >= 11 is 0. The highest BCUT2D eigenvalue weighted by Gasteiger charge is 2.52. The highest BCUT2D eigenvalue weighted by molar-refractivity contribution is 5.98. The second kappa shape index (κ2) is 4.72. The maximum Gasteiger partial charge on any atom is 0.257 e. The first-order chi connectivity index (χ1) is 7.63. The molecule has 0 radical (unpaired) electrons. The molecule has 5 atom stereocenters. The van der Waals surface area contributed by atoms with E-state index in [9.17, 15) is 0 Å². The zero-order valence-electron chi connectivity index (χ0n) is 11.5. The second-order valence-corrected chi connectivity index (χ2v) is 6.35. The molecular weight excluding hydrogens is 195 g/mol. The van der Waals surface area contributed by atoms with Gasteiger partial charge in [-0.3, -0.25) is 0 Å². The molecule has 0 aromatic rings. The van der Waals surface area contributed by atoms with Gasteiger partial charge in [-0.05, 0) is 48.9 Å². The van der Waals surface area contributed by atoms with Crippen LogP contribution in [0.4, 0.5) is 0 Å². The highest BCUT2D eigenvalue weighted by atomic mass is 16.4. The van der Waals surface area contributed by atoms with Crippen LogP contribution in [0, 0.1) is 23.2 Å². The quantitative estimate of drug-likeness (QED) is 0.666. The first-order valence-corrected chi connectivity index (χ1v) is 7.16. The maximum absolute atomic E-state index is 5.73. The highest BCUT2D eigenvalue weighted by Crippen LogP contribution is 2.58. The van der Waals surface area contributed by atoms with Crippen molar-refractivity contribution in [2.45, 2.75) is 65.4 Å². The number of fused-ring (bicyclic) bond motifs is 1. The van der Waals surface area contributed by atoms with Crippen LogP contribution in [0.15, 0.2) is 0 Å². The van der Waals surface area contributed by atoms with Gasteiger partial charge in [0, 0.05) is 6.10 Å². The fraction of sp³-hybridized carbons (Fsp3) is 1.00. The molecule has 0 amide bonds. The van der Waals surface area contributed by atoms with Gasteiger partial charge in [0.2, 0.25) is 0 Å². The van der Waals surface area contributed by atoms with Crippen LogP contribution in [0.25, 0.3) is 0 Å². The summed E-state index contributed by atoms with van der Waals surface area (Å²) in [6.07, 6.45) is 8.84. The minimum Gasteiger partial charge on any atom is -0.441 e. The summed E-state index contributed by atoms with van der Waals surface area (Å²) in [6.45, 7) is 7.35. The summed E-state index contributed by atoms with van der Waals surface area (Å²) in [4.78, 5) is 0. The smallest absolute Gasteiger partial charge is 0.257 e. The summed E-state index contributed by atoms with van der Waals surface area (Å²) in [7, 11) is 1.91. The Labute approximate surface area is 102 Å². The molecule has 2 aliphatic carbocycles. The van der Waals surface area contributed by atoms with E-state index in [0.29, 0.717) is 11.5 Å². The third-order valence-electron chi connectivity index (χ3n) is 5.77. The molecule has 0 aromatic heterocycles. The number of hydrogen-bond donors (Lipinski definition) is 0. The van der Waals surface area contributed by atoms with Gasteiger partial charge in [-0.15, -0.1) is 0 Å². The van der Waals surface area contributed by atoms with E-state index in [-0.39, 0.29) is 0 Å². The Hall–Kier alpha value is 0.0249. The number of hydrogen-bond acceptors (Lipinski definition) is 1. The summed E-state index contributed by atoms with van der Waals surface area (Å²) in [5.74, 6) is 2.68. The predicted octanol–water partition coefficient (Wildman–Crippen LogP) is 3.18. The molecule has 0 aliphatic heterocycles. The van der Waals surface area contributed by atoms with Crippen molar-refractivity contribution in [1.82, 2.24) is 0 Å². The van der Waals surface area contributed by atoms with Crippen LogP contribution in [0.3, 0.4) is 0 Å². The molecule has 0 saturated heterocycles. The maximum atomic E-state index is 5.73. The van der Waals surface area contributed by atoms with Gasteiger partial charge >= 0.3 is 0 Å². The van der Waals surface area contributed by atoms with E-state index in [2.05, 4.69) is 20.8 Å². The Balaban J connectivity index is 2.17. The standard InChI is InChI=1S/C14H27BO/c1-4-10(2)11-7-8-12-13(16-15)6-5-9-14(11,12)3/h10-13H,4-9,15H2,1-3H3/t10-,11?,12?,13-,14+/m0/s1. The molecule has 0 heterocycles. The fourth-order valence-electron chi connectivity index (χ4n) is 4.66. The van der Waals surface area contributed by atoms with Crippen LogP contribution < -0.4 is 0 Å². The van der Waals surface area contributed by atoms with Crippen LogP contribution in [0.5, 0.6) is 0 Å². The van der Waals surface area contributed by atoms with Gasteiger partial charge in [0.1, 0.15) is 0 Å². The van der Waals surface area contributed by atoms with Crippen molar-refractivity contribution in [3.8, 4) is 0 Å². The molecule has 0 spiro atoms. The van der Waals surface area contributed by atoms with E-state index in [1.165, 1.54) is 38.5 Å². The van der Waals surface area contributed by atoms with Crippen molar-refractivity contribution in [3.05, 3.63) is 0 Å². The van der Waals surface area contributed by atoms with E-state index >= 15 is 0 Å². The van der Waals surface area contributed by atoms with Gasteiger partial charge in [-0.2, -0.15) is 0 Å². The molecule has 0 N–H and O–H groups in total. The minimum absolute atomic E-state index is 0.549. The van der Waals surface area contributed by atoms with Gasteiger partial charge in [-0.25, -0.2) is 0 Å². The van der Waals surface area contributed by atoms with Gasteiger partial charge in [-0.1, -0.05) is 33.6 Å². The molecule has 0 bridgehead atoms. The zero-order chi connectivity index (χ0) is 11.8. The topological polar surface area (TPSA) is 9.23 Å². The fourth-order valence-corrected chi connectivity index (χ4v) is 4.66. The summed E-state index contributed by atoms with van der Waals surface area (Å²) in [6, 6.07) is 0. The van der Waals surface area contributed by atoms with Crippen LogP contribution in [-0.2, 0) is 4.65 Å². The van der Waals surface area contributed by atoms with E-state index in [1.807, 2.05) is 8.05 Å². The Morgan fingerprint density at radius 1 is 1.38 bits per heavy atom. The van der Waals surface area contributed by atoms with Crippen LogP contribution in [0.2, 0.25) is 0 Å².